The lowest BCUT2D eigenvalue weighted by molar-refractivity contribution is -0.131. The summed E-state index contributed by atoms with van der Waals surface area (Å²) in [5, 5.41) is 3.81. The van der Waals surface area contributed by atoms with Crippen molar-refractivity contribution in [1.82, 2.24) is 10.2 Å². The maximum Gasteiger partial charge on any atom is 0.230 e. The predicted molar refractivity (Wildman–Crippen MR) is 101 cm³/mol. The molecule has 0 radical (unpaired) electrons. The number of nitrogens with zero attached hydrogens (tertiary/aromatic N) is 1. The standard InChI is InChI=1S/C20H27ClN2O3/c21-18-6-2-1-5-17(18)20(7-10-25-11-8-20)19(24)22-12-16-13-23-9-3-4-15(23)14-26-16/h1-2,5-6,15-16H,3-4,7-14H2,(H,22,24). The Balaban J connectivity index is 1.44. The van der Waals surface area contributed by atoms with Crippen LogP contribution in [0, 0.1) is 0 Å². The number of halogens is 1. The van der Waals surface area contributed by atoms with Crippen molar-refractivity contribution in [1.29, 1.82) is 0 Å². The number of rotatable bonds is 4. The Labute approximate surface area is 160 Å². The Kier molecular flexibility index (Phi) is 5.50. The molecule has 1 aromatic rings. The maximum absolute atomic E-state index is 13.2. The number of hydrogen-bond donors (Lipinski definition) is 1. The van der Waals surface area contributed by atoms with Crippen molar-refractivity contribution in [2.45, 2.75) is 43.2 Å². The lowest BCUT2D eigenvalue weighted by Crippen LogP contribution is -2.53. The number of nitrogens with one attached hydrogen (secondary N) is 1. The lowest BCUT2D eigenvalue weighted by Gasteiger charge is -2.38. The number of carbonyl (C=O) groups excluding carboxylic acids is 1. The minimum Gasteiger partial charge on any atom is -0.381 e. The van der Waals surface area contributed by atoms with Crippen LogP contribution in [-0.4, -0.2) is 62.4 Å². The smallest absolute Gasteiger partial charge is 0.230 e. The van der Waals surface area contributed by atoms with Gasteiger partial charge >= 0.3 is 0 Å². The van der Waals surface area contributed by atoms with Crippen LogP contribution in [0.1, 0.15) is 31.2 Å². The second kappa shape index (κ2) is 7.85. The topological polar surface area (TPSA) is 50.8 Å². The molecule has 2 unspecified atom stereocenters. The lowest BCUT2D eigenvalue weighted by atomic mass is 9.73. The van der Waals surface area contributed by atoms with Gasteiger partial charge in [0.05, 0.1) is 18.1 Å². The third-order valence-corrected chi connectivity index (χ3v) is 6.45. The third-order valence-electron chi connectivity index (χ3n) is 6.12. The summed E-state index contributed by atoms with van der Waals surface area (Å²) in [6.07, 6.45) is 3.86. The van der Waals surface area contributed by atoms with E-state index in [4.69, 9.17) is 21.1 Å². The van der Waals surface area contributed by atoms with Crippen LogP contribution in [0.25, 0.3) is 0 Å². The fourth-order valence-electron chi connectivity index (χ4n) is 4.57. The number of benzene rings is 1. The molecule has 4 rings (SSSR count). The van der Waals surface area contributed by atoms with Crippen LogP contribution in [0.15, 0.2) is 24.3 Å². The Morgan fingerprint density at radius 3 is 2.92 bits per heavy atom. The second-order valence-corrected chi connectivity index (χ2v) is 8.04. The molecule has 3 aliphatic heterocycles. The monoisotopic (exact) mass is 378 g/mol. The van der Waals surface area contributed by atoms with Gasteiger partial charge in [0.1, 0.15) is 0 Å². The first-order valence-electron chi connectivity index (χ1n) is 9.66. The Hall–Kier alpha value is -1.14. The first-order chi connectivity index (χ1) is 12.7. The van der Waals surface area contributed by atoms with Crippen molar-refractivity contribution in [2.24, 2.45) is 0 Å². The van der Waals surface area contributed by atoms with Crippen molar-refractivity contribution in [3.8, 4) is 0 Å². The van der Waals surface area contributed by atoms with Crippen LogP contribution in [0.2, 0.25) is 5.02 Å². The summed E-state index contributed by atoms with van der Waals surface area (Å²) < 4.78 is 11.5. The van der Waals surface area contributed by atoms with E-state index in [2.05, 4.69) is 10.2 Å². The fourth-order valence-corrected chi connectivity index (χ4v) is 4.89. The van der Waals surface area contributed by atoms with Crippen molar-refractivity contribution in [3.63, 3.8) is 0 Å². The summed E-state index contributed by atoms with van der Waals surface area (Å²) in [7, 11) is 0. The highest BCUT2D eigenvalue weighted by Gasteiger charge is 2.43. The van der Waals surface area contributed by atoms with Gasteiger partial charge in [-0.05, 0) is 43.9 Å². The molecule has 142 valence electrons. The summed E-state index contributed by atoms with van der Waals surface area (Å²) in [5.41, 5.74) is 0.299. The van der Waals surface area contributed by atoms with Gasteiger partial charge in [-0.15, -0.1) is 0 Å². The molecule has 5 nitrogen and oxygen atoms in total. The van der Waals surface area contributed by atoms with E-state index in [1.165, 1.54) is 12.8 Å². The summed E-state index contributed by atoms with van der Waals surface area (Å²) in [4.78, 5) is 15.7. The quantitative estimate of drug-likeness (QED) is 0.873. The zero-order valence-corrected chi connectivity index (χ0v) is 15.8. The minimum atomic E-state index is -0.610. The number of ether oxygens (including phenoxy) is 2. The van der Waals surface area contributed by atoms with E-state index in [1.807, 2.05) is 24.3 Å². The summed E-state index contributed by atoms with van der Waals surface area (Å²) >= 11 is 6.45. The third kappa shape index (κ3) is 3.50. The van der Waals surface area contributed by atoms with E-state index < -0.39 is 5.41 Å². The molecule has 3 saturated heterocycles. The molecular weight excluding hydrogens is 352 g/mol. The average molecular weight is 379 g/mol. The minimum absolute atomic E-state index is 0.0426. The van der Waals surface area contributed by atoms with Gasteiger partial charge < -0.3 is 14.8 Å². The van der Waals surface area contributed by atoms with Gasteiger partial charge in [0.2, 0.25) is 5.91 Å². The number of carbonyl (C=O) groups is 1. The number of fused-ring (bicyclic) bond motifs is 1. The summed E-state index contributed by atoms with van der Waals surface area (Å²) in [6.45, 7) is 4.55. The van der Waals surface area contributed by atoms with Crippen LogP contribution < -0.4 is 5.32 Å². The summed E-state index contributed by atoms with van der Waals surface area (Å²) in [5.74, 6) is 0.0426. The molecular formula is C20H27ClN2O3. The highest BCUT2D eigenvalue weighted by molar-refractivity contribution is 6.31. The van der Waals surface area contributed by atoms with Gasteiger partial charge in [0.25, 0.3) is 0 Å². The Morgan fingerprint density at radius 2 is 2.12 bits per heavy atom. The van der Waals surface area contributed by atoms with Gasteiger partial charge in [0, 0.05) is 37.4 Å². The van der Waals surface area contributed by atoms with Crippen molar-refractivity contribution in [2.75, 3.05) is 39.5 Å². The first kappa shape index (κ1) is 18.2. The largest absolute Gasteiger partial charge is 0.381 e. The van der Waals surface area contributed by atoms with Crippen LogP contribution in [0.4, 0.5) is 0 Å². The van der Waals surface area contributed by atoms with Crippen LogP contribution in [0.5, 0.6) is 0 Å². The molecule has 3 fully saturated rings. The summed E-state index contributed by atoms with van der Waals surface area (Å²) in [6, 6.07) is 8.26. The van der Waals surface area contributed by atoms with Crippen LogP contribution >= 0.6 is 11.6 Å². The highest BCUT2D eigenvalue weighted by atomic mass is 35.5. The van der Waals surface area contributed by atoms with Crippen molar-refractivity contribution < 1.29 is 14.3 Å². The van der Waals surface area contributed by atoms with E-state index in [9.17, 15) is 4.79 Å². The molecule has 2 atom stereocenters. The van der Waals surface area contributed by atoms with E-state index in [0.717, 1.165) is 25.3 Å². The van der Waals surface area contributed by atoms with Crippen molar-refractivity contribution >= 4 is 17.5 Å². The van der Waals surface area contributed by atoms with E-state index >= 15 is 0 Å². The molecule has 0 aromatic heterocycles. The Bertz CT molecular complexity index is 648. The highest BCUT2D eigenvalue weighted by Crippen LogP contribution is 2.39. The molecule has 1 aromatic carbocycles. The maximum atomic E-state index is 13.2. The molecule has 0 spiro atoms. The average Bonchev–Trinajstić information content (AvgIpc) is 3.15. The van der Waals surface area contributed by atoms with E-state index in [0.29, 0.717) is 43.7 Å². The number of morpholine rings is 1. The fraction of sp³-hybridized carbons (Fsp3) is 0.650. The molecule has 1 amide bonds. The zero-order valence-electron chi connectivity index (χ0n) is 15.1. The molecule has 0 saturated carbocycles. The molecule has 0 aliphatic carbocycles. The predicted octanol–water partition coefficient (Wildman–Crippen LogP) is 2.37. The Morgan fingerprint density at radius 1 is 1.31 bits per heavy atom. The van der Waals surface area contributed by atoms with Crippen LogP contribution in [0.3, 0.4) is 0 Å². The van der Waals surface area contributed by atoms with E-state index in [-0.39, 0.29) is 12.0 Å². The second-order valence-electron chi connectivity index (χ2n) is 7.63. The van der Waals surface area contributed by atoms with Gasteiger partial charge in [0.15, 0.2) is 0 Å². The molecule has 26 heavy (non-hydrogen) atoms. The SMILES string of the molecule is O=C(NCC1CN2CCCC2CO1)C1(c2ccccc2Cl)CCOCC1. The zero-order chi connectivity index (χ0) is 18.0. The van der Waals surface area contributed by atoms with Gasteiger partial charge in [-0.25, -0.2) is 0 Å². The number of amides is 1. The van der Waals surface area contributed by atoms with Gasteiger partial charge in [-0.1, -0.05) is 29.8 Å². The molecule has 1 N–H and O–H groups in total. The van der Waals surface area contributed by atoms with Crippen LogP contribution in [-0.2, 0) is 19.7 Å². The van der Waals surface area contributed by atoms with Gasteiger partial charge in [-0.3, -0.25) is 9.69 Å². The normalized spacial score (nSPS) is 28.5. The first-order valence-corrected chi connectivity index (χ1v) is 10.0. The van der Waals surface area contributed by atoms with E-state index in [1.54, 1.807) is 0 Å². The van der Waals surface area contributed by atoms with Crippen molar-refractivity contribution in [3.05, 3.63) is 34.9 Å². The molecule has 3 aliphatic rings. The molecule has 6 heteroatoms. The van der Waals surface area contributed by atoms with Gasteiger partial charge in [-0.2, -0.15) is 0 Å². The molecule has 0 bridgehead atoms. The number of hydrogen-bond acceptors (Lipinski definition) is 4. The molecule has 3 heterocycles.